The minimum absolute atomic E-state index is 0.0111. The zero-order valence-corrected chi connectivity index (χ0v) is 19.8. The number of amides is 2. The van der Waals surface area contributed by atoms with Crippen LogP contribution in [0.5, 0.6) is 5.75 Å². The van der Waals surface area contributed by atoms with Crippen molar-refractivity contribution >= 4 is 38.3 Å². The van der Waals surface area contributed by atoms with Gasteiger partial charge < -0.3 is 14.7 Å². The topological polar surface area (TPSA) is 126 Å². The average Bonchev–Trinajstić information content (AvgIpc) is 3.23. The molecular formula is C21H26FN3O6S2. The summed E-state index contributed by atoms with van der Waals surface area (Å²) in [7, 11) is -2.63. The van der Waals surface area contributed by atoms with E-state index in [4.69, 9.17) is 9.84 Å². The molecule has 0 unspecified atom stereocenters. The molecule has 2 N–H and O–H groups in total. The Morgan fingerprint density at radius 2 is 2.03 bits per heavy atom. The lowest BCUT2D eigenvalue weighted by atomic mass is 9.94. The number of thiazole rings is 1. The fourth-order valence-electron chi connectivity index (χ4n) is 3.82. The molecule has 2 amide bonds. The molecule has 0 spiro atoms. The Labute approximate surface area is 195 Å². The molecule has 2 aromatic rings. The van der Waals surface area contributed by atoms with Crippen LogP contribution in [0.25, 0.3) is 0 Å². The van der Waals surface area contributed by atoms with E-state index in [1.54, 1.807) is 17.0 Å². The third-order valence-corrected chi connectivity index (χ3v) is 8.52. The first-order chi connectivity index (χ1) is 15.7. The summed E-state index contributed by atoms with van der Waals surface area (Å²) in [4.78, 5) is 29.5. The standard InChI is InChI=1S/C21H26FN3O6S2/c1-31-17-8-7-14(11-16(17)22)9-10-25(15-5-3-2-4-6-15)21(28)24-20-23-12-19(32-20)33(29,30)13-18(26)27/h7-8,11-12,15H,2-6,9-10,13H2,1H3,(H,26,27)(H,23,24,28). The highest BCUT2D eigenvalue weighted by Gasteiger charge is 2.27. The Morgan fingerprint density at radius 3 is 2.67 bits per heavy atom. The van der Waals surface area contributed by atoms with Crippen molar-refractivity contribution < 1.29 is 32.2 Å². The number of hydrogen-bond donors (Lipinski definition) is 2. The summed E-state index contributed by atoms with van der Waals surface area (Å²) in [6, 6.07) is 4.27. The Balaban J connectivity index is 1.72. The van der Waals surface area contributed by atoms with Gasteiger partial charge in [0.1, 0.15) is 4.21 Å². The van der Waals surface area contributed by atoms with Gasteiger partial charge in [0.05, 0.1) is 13.3 Å². The van der Waals surface area contributed by atoms with Crippen molar-refractivity contribution in [3.05, 3.63) is 35.8 Å². The maximum atomic E-state index is 14.0. The van der Waals surface area contributed by atoms with Crippen molar-refractivity contribution in [3.63, 3.8) is 0 Å². The zero-order chi connectivity index (χ0) is 24.0. The summed E-state index contributed by atoms with van der Waals surface area (Å²) in [6.07, 6.45) is 6.28. The number of hydrogen-bond acceptors (Lipinski definition) is 7. The fraction of sp³-hybridized carbons (Fsp3) is 0.476. The normalized spacial score (nSPS) is 14.6. The number of ether oxygens (including phenoxy) is 1. The monoisotopic (exact) mass is 499 g/mol. The van der Waals surface area contributed by atoms with Crippen LogP contribution in [0.15, 0.2) is 28.6 Å². The predicted octanol–water partition coefficient (Wildman–Crippen LogP) is 3.56. The number of aliphatic carboxylic acids is 1. The molecule has 33 heavy (non-hydrogen) atoms. The molecule has 0 aliphatic heterocycles. The number of carboxylic acids is 1. The van der Waals surface area contributed by atoms with Gasteiger partial charge in [0.15, 0.2) is 32.3 Å². The van der Waals surface area contributed by atoms with E-state index in [2.05, 4.69) is 10.3 Å². The van der Waals surface area contributed by atoms with Crippen molar-refractivity contribution in [2.45, 2.75) is 48.8 Å². The van der Waals surface area contributed by atoms with Crippen molar-refractivity contribution in [2.24, 2.45) is 0 Å². The van der Waals surface area contributed by atoms with Crippen molar-refractivity contribution in [1.82, 2.24) is 9.88 Å². The molecule has 12 heteroatoms. The number of rotatable bonds is 9. The fourth-order valence-corrected chi connectivity index (χ4v) is 5.96. The van der Waals surface area contributed by atoms with Crippen LogP contribution in [0.3, 0.4) is 0 Å². The van der Waals surface area contributed by atoms with Crippen molar-refractivity contribution in [2.75, 3.05) is 24.7 Å². The molecule has 180 valence electrons. The minimum atomic E-state index is -4.03. The SMILES string of the molecule is COc1ccc(CCN(C(=O)Nc2ncc(S(=O)(=O)CC(=O)O)s2)C2CCCCC2)cc1F. The summed E-state index contributed by atoms with van der Waals surface area (Å²) in [6.45, 7) is 0.345. The molecule has 1 aliphatic rings. The highest BCUT2D eigenvalue weighted by molar-refractivity contribution is 7.94. The van der Waals surface area contributed by atoms with Gasteiger partial charge in [-0.25, -0.2) is 22.6 Å². The highest BCUT2D eigenvalue weighted by atomic mass is 32.2. The third-order valence-electron chi connectivity index (χ3n) is 5.45. The van der Waals surface area contributed by atoms with Gasteiger partial charge in [-0.15, -0.1) is 0 Å². The number of benzene rings is 1. The maximum Gasteiger partial charge on any atom is 0.323 e. The van der Waals surface area contributed by atoms with Gasteiger partial charge in [-0.1, -0.05) is 36.7 Å². The molecule has 1 fully saturated rings. The Bertz CT molecular complexity index is 1100. The Hall–Kier alpha value is -2.73. The van der Waals surface area contributed by atoms with E-state index >= 15 is 0 Å². The van der Waals surface area contributed by atoms with Crippen LogP contribution in [-0.2, 0) is 21.1 Å². The summed E-state index contributed by atoms with van der Waals surface area (Å²) >= 11 is 0.710. The zero-order valence-electron chi connectivity index (χ0n) is 18.1. The lowest BCUT2D eigenvalue weighted by molar-refractivity contribution is -0.134. The summed E-state index contributed by atoms with van der Waals surface area (Å²) in [5, 5.41) is 11.5. The predicted molar refractivity (Wildman–Crippen MR) is 121 cm³/mol. The van der Waals surface area contributed by atoms with Crippen LogP contribution in [0.1, 0.15) is 37.7 Å². The lowest BCUT2D eigenvalue weighted by Gasteiger charge is -2.34. The number of anilines is 1. The second-order valence-electron chi connectivity index (χ2n) is 7.77. The Morgan fingerprint density at radius 1 is 1.30 bits per heavy atom. The second-order valence-corrected chi connectivity index (χ2v) is 11.0. The van der Waals surface area contributed by atoms with Crippen molar-refractivity contribution in [3.8, 4) is 5.75 Å². The number of urea groups is 1. The van der Waals surface area contributed by atoms with Crippen LogP contribution < -0.4 is 10.1 Å². The molecule has 1 aromatic carbocycles. The van der Waals surface area contributed by atoms with Crippen LogP contribution in [0.4, 0.5) is 14.3 Å². The van der Waals surface area contributed by atoms with Gasteiger partial charge in [-0.2, -0.15) is 0 Å². The van der Waals surface area contributed by atoms with E-state index in [-0.39, 0.29) is 21.1 Å². The van der Waals surface area contributed by atoms with Gasteiger partial charge in [0.2, 0.25) is 0 Å². The molecular weight excluding hydrogens is 473 g/mol. The number of halogens is 1. The van der Waals surface area contributed by atoms with E-state index in [0.717, 1.165) is 43.9 Å². The third kappa shape index (κ3) is 6.64. The van der Waals surface area contributed by atoms with Gasteiger partial charge >= 0.3 is 12.0 Å². The molecule has 0 saturated heterocycles. The van der Waals surface area contributed by atoms with Gasteiger partial charge in [-0.3, -0.25) is 10.1 Å². The van der Waals surface area contributed by atoms with Crippen LogP contribution in [-0.4, -0.2) is 60.9 Å². The molecule has 9 nitrogen and oxygen atoms in total. The molecule has 0 bridgehead atoms. The number of aromatic nitrogens is 1. The largest absolute Gasteiger partial charge is 0.494 e. The number of nitrogens with one attached hydrogen (secondary N) is 1. The summed E-state index contributed by atoms with van der Waals surface area (Å²) in [5.41, 5.74) is 0.721. The minimum Gasteiger partial charge on any atom is -0.494 e. The van der Waals surface area contributed by atoms with E-state index < -0.39 is 33.4 Å². The molecule has 0 radical (unpaired) electrons. The molecule has 1 aromatic heterocycles. The maximum absolute atomic E-state index is 14.0. The number of carboxylic acid groups (broad SMARTS) is 1. The van der Waals surface area contributed by atoms with E-state index in [9.17, 15) is 22.4 Å². The first-order valence-corrected chi connectivity index (χ1v) is 13.0. The van der Waals surface area contributed by atoms with Crippen LogP contribution in [0, 0.1) is 5.82 Å². The van der Waals surface area contributed by atoms with E-state index in [1.165, 1.54) is 13.2 Å². The summed E-state index contributed by atoms with van der Waals surface area (Å²) < 4.78 is 42.9. The van der Waals surface area contributed by atoms with Crippen molar-refractivity contribution in [1.29, 1.82) is 0 Å². The lowest BCUT2D eigenvalue weighted by Crippen LogP contribution is -2.45. The summed E-state index contributed by atoms with van der Waals surface area (Å²) in [5.74, 6) is -2.83. The second kappa shape index (κ2) is 10.9. The van der Waals surface area contributed by atoms with Crippen LogP contribution in [0.2, 0.25) is 0 Å². The molecule has 1 aliphatic carbocycles. The smallest absolute Gasteiger partial charge is 0.323 e. The van der Waals surface area contributed by atoms with Crippen LogP contribution >= 0.6 is 11.3 Å². The first kappa shape index (κ1) is 24.9. The van der Waals surface area contributed by atoms with E-state index in [0.29, 0.717) is 24.3 Å². The number of carbonyl (C=O) groups is 2. The molecule has 3 rings (SSSR count). The number of nitrogens with zero attached hydrogens (tertiary/aromatic N) is 2. The number of methoxy groups -OCH3 is 1. The molecule has 0 atom stereocenters. The Kier molecular flexibility index (Phi) is 8.25. The number of carbonyl (C=O) groups excluding carboxylic acids is 1. The first-order valence-electron chi connectivity index (χ1n) is 10.5. The average molecular weight is 500 g/mol. The molecule has 1 heterocycles. The van der Waals surface area contributed by atoms with Gasteiger partial charge in [-0.05, 0) is 37.0 Å². The van der Waals surface area contributed by atoms with E-state index in [1.807, 2.05) is 0 Å². The van der Waals surface area contributed by atoms with Gasteiger partial charge in [0, 0.05) is 12.6 Å². The molecule has 1 saturated carbocycles. The van der Waals surface area contributed by atoms with Gasteiger partial charge in [0.25, 0.3) is 0 Å². The highest BCUT2D eigenvalue weighted by Crippen LogP contribution is 2.27. The quantitative estimate of drug-likeness (QED) is 0.540. The number of sulfone groups is 1.